The zero-order chi connectivity index (χ0) is 19.2. The van der Waals surface area contributed by atoms with Crippen LogP contribution in [0.1, 0.15) is 15.9 Å². The van der Waals surface area contributed by atoms with E-state index in [0.717, 1.165) is 18.8 Å². The van der Waals surface area contributed by atoms with Crippen LogP contribution < -0.4 is 14.4 Å². The van der Waals surface area contributed by atoms with E-state index in [0.29, 0.717) is 24.3 Å². The van der Waals surface area contributed by atoms with Crippen LogP contribution in [0.4, 0.5) is 5.69 Å². The number of carbonyl (C=O) groups excluding carboxylic acids is 1. The van der Waals surface area contributed by atoms with E-state index in [-0.39, 0.29) is 23.0 Å². The molecule has 2 aromatic carbocycles. The third kappa shape index (κ3) is 4.41. The normalized spacial score (nSPS) is 14.4. The maximum Gasteiger partial charge on any atom is 0.200 e. The Morgan fingerprint density at radius 1 is 1.11 bits per heavy atom. The van der Waals surface area contributed by atoms with Gasteiger partial charge in [0.15, 0.2) is 17.3 Å². The van der Waals surface area contributed by atoms with Crippen LogP contribution in [0.2, 0.25) is 0 Å². The number of aromatic hydroxyl groups is 1. The molecule has 0 bridgehead atoms. The van der Waals surface area contributed by atoms with Crippen molar-refractivity contribution in [2.75, 3.05) is 45.4 Å². The van der Waals surface area contributed by atoms with Crippen LogP contribution in [0.15, 0.2) is 42.5 Å². The molecule has 1 saturated heterocycles. The predicted octanol–water partition coefficient (Wildman–Crippen LogP) is 3.14. The second kappa shape index (κ2) is 8.60. The van der Waals surface area contributed by atoms with Gasteiger partial charge in [-0.05, 0) is 35.9 Å². The topological polar surface area (TPSA) is 68.2 Å². The number of allylic oxidation sites excluding steroid dienone is 1. The summed E-state index contributed by atoms with van der Waals surface area (Å²) in [5, 5.41) is 9.97. The standard InChI is InChI=1S/C21H23NO5/c1-25-19-12-15(13-20(26-2)21(19)24)6-7-18(23)16-4-3-5-17(14-16)22-8-10-27-11-9-22/h3-7,12-14,24H,8-11H2,1-2H3. The molecule has 3 rings (SSSR count). The third-order valence-corrected chi connectivity index (χ3v) is 4.44. The van der Waals surface area contributed by atoms with Crippen molar-refractivity contribution in [3.05, 3.63) is 53.6 Å². The van der Waals surface area contributed by atoms with Crippen molar-refractivity contribution in [2.24, 2.45) is 0 Å². The molecule has 1 aliphatic heterocycles. The van der Waals surface area contributed by atoms with Gasteiger partial charge in [0.25, 0.3) is 0 Å². The summed E-state index contributed by atoms with van der Waals surface area (Å²) in [6, 6.07) is 10.9. The monoisotopic (exact) mass is 369 g/mol. The molecule has 0 amide bonds. The summed E-state index contributed by atoms with van der Waals surface area (Å²) < 4.78 is 15.7. The Morgan fingerprint density at radius 3 is 2.41 bits per heavy atom. The highest BCUT2D eigenvalue weighted by Crippen LogP contribution is 2.37. The summed E-state index contributed by atoms with van der Waals surface area (Å²) in [6.45, 7) is 3.03. The van der Waals surface area contributed by atoms with E-state index >= 15 is 0 Å². The quantitative estimate of drug-likeness (QED) is 0.623. The molecule has 0 saturated carbocycles. The molecule has 0 spiro atoms. The summed E-state index contributed by atoms with van der Waals surface area (Å²) in [4.78, 5) is 14.8. The van der Waals surface area contributed by atoms with Gasteiger partial charge in [-0.3, -0.25) is 4.79 Å². The molecule has 1 N–H and O–H groups in total. The van der Waals surface area contributed by atoms with Crippen molar-refractivity contribution in [1.29, 1.82) is 0 Å². The fraction of sp³-hybridized carbons (Fsp3) is 0.286. The minimum atomic E-state index is -0.101. The molecular formula is C21H23NO5. The van der Waals surface area contributed by atoms with E-state index in [1.807, 2.05) is 18.2 Å². The van der Waals surface area contributed by atoms with Crippen LogP contribution in [0.3, 0.4) is 0 Å². The first-order chi connectivity index (χ1) is 13.1. The highest BCUT2D eigenvalue weighted by atomic mass is 16.5. The van der Waals surface area contributed by atoms with Gasteiger partial charge in [0.05, 0.1) is 27.4 Å². The Kier molecular flexibility index (Phi) is 5.98. The van der Waals surface area contributed by atoms with Gasteiger partial charge >= 0.3 is 0 Å². The van der Waals surface area contributed by atoms with Gasteiger partial charge in [-0.15, -0.1) is 0 Å². The molecule has 27 heavy (non-hydrogen) atoms. The molecule has 1 aliphatic rings. The van der Waals surface area contributed by atoms with E-state index in [9.17, 15) is 9.90 Å². The van der Waals surface area contributed by atoms with Crippen molar-refractivity contribution in [2.45, 2.75) is 0 Å². The first-order valence-electron chi connectivity index (χ1n) is 8.72. The van der Waals surface area contributed by atoms with E-state index in [2.05, 4.69) is 4.90 Å². The Balaban J connectivity index is 1.79. The van der Waals surface area contributed by atoms with Gasteiger partial charge in [-0.25, -0.2) is 0 Å². The Hall–Kier alpha value is -2.99. The average Bonchev–Trinajstić information content (AvgIpc) is 2.73. The summed E-state index contributed by atoms with van der Waals surface area (Å²) in [6.07, 6.45) is 3.18. The number of morpholine rings is 1. The van der Waals surface area contributed by atoms with Gasteiger partial charge in [-0.2, -0.15) is 0 Å². The number of hydrogen-bond acceptors (Lipinski definition) is 6. The van der Waals surface area contributed by atoms with Gasteiger partial charge in [0.2, 0.25) is 5.75 Å². The lowest BCUT2D eigenvalue weighted by Crippen LogP contribution is -2.36. The fourth-order valence-corrected chi connectivity index (χ4v) is 2.96. The summed E-state index contributed by atoms with van der Waals surface area (Å²) >= 11 is 0. The molecular weight excluding hydrogens is 346 g/mol. The molecule has 0 aliphatic carbocycles. The predicted molar refractivity (Wildman–Crippen MR) is 104 cm³/mol. The van der Waals surface area contributed by atoms with E-state index in [1.165, 1.54) is 20.3 Å². The van der Waals surface area contributed by atoms with Crippen molar-refractivity contribution in [1.82, 2.24) is 0 Å². The summed E-state index contributed by atoms with van der Waals surface area (Å²) in [7, 11) is 2.93. The number of benzene rings is 2. The van der Waals surface area contributed by atoms with Gasteiger partial charge in [0, 0.05) is 24.3 Å². The number of ether oxygens (including phenoxy) is 3. The lowest BCUT2D eigenvalue weighted by Gasteiger charge is -2.29. The largest absolute Gasteiger partial charge is 0.502 e. The minimum absolute atomic E-state index is 0.0679. The zero-order valence-corrected chi connectivity index (χ0v) is 15.5. The maximum atomic E-state index is 12.6. The van der Waals surface area contributed by atoms with Crippen molar-refractivity contribution in [3.8, 4) is 17.2 Å². The second-order valence-electron chi connectivity index (χ2n) is 6.12. The molecule has 1 fully saturated rings. The highest BCUT2D eigenvalue weighted by molar-refractivity contribution is 6.07. The van der Waals surface area contributed by atoms with E-state index in [1.54, 1.807) is 24.3 Å². The highest BCUT2D eigenvalue weighted by Gasteiger charge is 2.13. The zero-order valence-electron chi connectivity index (χ0n) is 15.5. The van der Waals surface area contributed by atoms with Gasteiger partial charge in [-0.1, -0.05) is 18.2 Å². The second-order valence-corrected chi connectivity index (χ2v) is 6.12. The molecule has 142 valence electrons. The molecule has 1 heterocycles. The maximum absolute atomic E-state index is 12.6. The Morgan fingerprint density at radius 2 is 1.78 bits per heavy atom. The molecule has 6 nitrogen and oxygen atoms in total. The first-order valence-corrected chi connectivity index (χ1v) is 8.72. The lowest BCUT2D eigenvalue weighted by molar-refractivity contribution is 0.104. The number of phenols is 1. The van der Waals surface area contributed by atoms with Gasteiger partial charge in [0.1, 0.15) is 0 Å². The number of rotatable bonds is 6. The molecule has 6 heteroatoms. The molecule has 0 atom stereocenters. The lowest BCUT2D eigenvalue weighted by atomic mass is 10.1. The smallest absolute Gasteiger partial charge is 0.200 e. The van der Waals surface area contributed by atoms with Gasteiger partial charge < -0.3 is 24.2 Å². The Labute approximate surface area is 158 Å². The number of carbonyl (C=O) groups is 1. The van der Waals surface area contributed by atoms with Crippen LogP contribution >= 0.6 is 0 Å². The summed E-state index contributed by atoms with van der Waals surface area (Å²) in [5.41, 5.74) is 2.33. The number of ketones is 1. The van der Waals surface area contributed by atoms with Crippen molar-refractivity contribution < 1.29 is 24.1 Å². The van der Waals surface area contributed by atoms with Crippen LogP contribution in [0.5, 0.6) is 17.2 Å². The average molecular weight is 369 g/mol. The fourth-order valence-electron chi connectivity index (χ4n) is 2.96. The first kappa shape index (κ1) is 18.8. The SMILES string of the molecule is COc1cc(C=CC(=O)c2cccc(N3CCOCC3)c2)cc(OC)c1O. The van der Waals surface area contributed by atoms with Crippen molar-refractivity contribution >= 4 is 17.5 Å². The van der Waals surface area contributed by atoms with Crippen LogP contribution in [0.25, 0.3) is 6.08 Å². The summed E-state index contributed by atoms with van der Waals surface area (Å²) in [5.74, 6) is 0.407. The van der Waals surface area contributed by atoms with Crippen LogP contribution in [-0.4, -0.2) is 51.4 Å². The molecule has 0 unspecified atom stereocenters. The van der Waals surface area contributed by atoms with E-state index in [4.69, 9.17) is 14.2 Å². The van der Waals surface area contributed by atoms with Crippen LogP contribution in [0, 0.1) is 0 Å². The number of nitrogens with zero attached hydrogens (tertiary/aromatic N) is 1. The van der Waals surface area contributed by atoms with Crippen molar-refractivity contribution in [3.63, 3.8) is 0 Å². The minimum Gasteiger partial charge on any atom is -0.502 e. The number of phenolic OH excluding ortho intramolecular Hbond substituents is 1. The molecule has 0 aromatic heterocycles. The molecule has 0 radical (unpaired) electrons. The molecule has 2 aromatic rings. The number of methoxy groups -OCH3 is 2. The van der Waals surface area contributed by atoms with Crippen LogP contribution in [-0.2, 0) is 4.74 Å². The third-order valence-electron chi connectivity index (χ3n) is 4.44. The number of anilines is 1. The number of hydrogen-bond donors (Lipinski definition) is 1. The van der Waals surface area contributed by atoms with E-state index < -0.39 is 0 Å². The Bertz CT molecular complexity index is 815.